The molecular weight excluding hydrogens is 246 g/mol. The molecular formula is C18H21NO. The first kappa shape index (κ1) is 14.3. The number of hydrogen-bond donors (Lipinski definition) is 0. The Labute approximate surface area is 121 Å². The maximum Gasteiger partial charge on any atom is 0.258 e. The first-order valence-electron chi connectivity index (χ1n) is 7.14. The molecule has 0 saturated carbocycles. The van der Waals surface area contributed by atoms with Crippen LogP contribution in [0.1, 0.15) is 35.7 Å². The number of carbonyl (C=O) groups excluding carboxylic acids is 1. The second kappa shape index (κ2) is 6.90. The first-order valence-corrected chi connectivity index (χ1v) is 7.14. The van der Waals surface area contributed by atoms with E-state index in [0.29, 0.717) is 0 Å². The first-order chi connectivity index (χ1) is 9.72. The number of aryl methyl sites for hydroxylation is 1. The van der Waals surface area contributed by atoms with Gasteiger partial charge in [0.15, 0.2) is 0 Å². The molecule has 20 heavy (non-hydrogen) atoms. The van der Waals surface area contributed by atoms with E-state index in [-0.39, 0.29) is 5.91 Å². The molecule has 0 N–H and O–H groups in total. The van der Waals surface area contributed by atoms with E-state index in [2.05, 4.69) is 19.1 Å². The summed E-state index contributed by atoms with van der Waals surface area (Å²) in [6.45, 7) is 2.19. The lowest BCUT2D eigenvalue weighted by molar-refractivity contribution is 0.0993. The number of nitrogens with zero attached hydrogens (tertiary/aromatic N) is 1. The smallest absolute Gasteiger partial charge is 0.258 e. The van der Waals surface area contributed by atoms with Crippen LogP contribution in [0.5, 0.6) is 0 Å². The fourth-order valence-corrected chi connectivity index (χ4v) is 2.16. The Hall–Kier alpha value is -2.09. The van der Waals surface area contributed by atoms with Crippen LogP contribution in [0.3, 0.4) is 0 Å². The zero-order valence-electron chi connectivity index (χ0n) is 12.2. The molecule has 2 nitrogen and oxygen atoms in total. The molecule has 0 saturated heterocycles. The molecule has 2 aromatic rings. The van der Waals surface area contributed by atoms with Gasteiger partial charge in [0.05, 0.1) is 0 Å². The van der Waals surface area contributed by atoms with Crippen molar-refractivity contribution >= 4 is 11.6 Å². The highest BCUT2D eigenvalue weighted by atomic mass is 16.2. The molecule has 2 heteroatoms. The molecule has 0 aliphatic carbocycles. The Morgan fingerprint density at radius 1 is 1.00 bits per heavy atom. The van der Waals surface area contributed by atoms with E-state index >= 15 is 0 Å². The summed E-state index contributed by atoms with van der Waals surface area (Å²) in [6.07, 6.45) is 3.47. The van der Waals surface area contributed by atoms with Crippen LogP contribution in [0.2, 0.25) is 0 Å². The van der Waals surface area contributed by atoms with Crippen LogP contribution in [0.15, 0.2) is 54.6 Å². The van der Waals surface area contributed by atoms with Gasteiger partial charge in [-0.2, -0.15) is 0 Å². The molecule has 0 aromatic heterocycles. The van der Waals surface area contributed by atoms with Crippen LogP contribution < -0.4 is 4.90 Å². The van der Waals surface area contributed by atoms with Gasteiger partial charge in [0.1, 0.15) is 0 Å². The van der Waals surface area contributed by atoms with Crippen molar-refractivity contribution in [2.24, 2.45) is 0 Å². The molecule has 0 fully saturated rings. The molecule has 0 unspecified atom stereocenters. The van der Waals surface area contributed by atoms with Gasteiger partial charge in [-0.25, -0.2) is 0 Å². The highest BCUT2D eigenvalue weighted by molar-refractivity contribution is 6.05. The van der Waals surface area contributed by atoms with Gasteiger partial charge in [-0.3, -0.25) is 4.79 Å². The van der Waals surface area contributed by atoms with Gasteiger partial charge in [-0.05, 0) is 42.7 Å². The number of hydrogen-bond acceptors (Lipinski definition) is 1. The van der Waals surface area contributed by atoms with Gasteiger partial charge < -0.3 is 4.90 Å². The summed E-state index contributed by atoms with van der Waals surface area (Å²) in [4.78, 5) is 14.1. The van der Waals surface area contributed by atoms with Crippen molar-refractivity contribution in [3.05, 3.63) is 65.7 Å². The molecule has 0 bridgehead atoms. The average Bonchev–Trinajstić information content (AvgIpc) is 2.53. The molecule has 0 spiro atoms. The number of rotatable bonds is 5. The van der Waals surface area contributed by atoms with E-state index < -0.39 is 0 Å². The second-order valence-electron chi connectivity index (χ2n) is 5.00. The topological polar surface area (TPSA) is 20.3 Å². The van der Waals surface area contributed by atoms with E-state index in [9.17, 15) is 4.79 Å². The van der Waals surface area contributed by atoms with Gasteiger partial charge in [0.2, 0.25) is 0 Å². The minimum atomic E-state index is 0.0261. The van der Waals surface area contributed by atoms with Crippen LogP contribution in [0, 0.1) is 0 Å². The zero-order valence-corrected chi connectivity index (χ0v) is 12.2. The number of anilines is 1. The molecule has 2 rings (SSSR count). The standard InChI is InChI=1S/C18H21NO/c1-3-4-8-15-11-13-16(14-12-15)18(20)19(2)17-9-6-5-7-10-17/h5-7,9-14H,3-4,8H2,1-2H3. The summed E-state index contributed by atoms with van der Waals surface area (Å²) >= 11 is 0. The fraction of sp³-hybridized carbons (Fsp3) is 0.278. The van der Waals surface area contributed by atoms with Gasteiger partial charge >= 0.3 is 0 Å². The van der Waals surface area contributed by atoms with Crippen molar-refractivity contribution in [2.45, 2.75) is 26.2 Å². The maximum absolute atomic E-state index is 12.4. The highest BCUT2D eigenvalue weighted by Crippen LogP contribution is 2.15. The lowest BCUT2D eigenvalue weighted by atomic mass is 10.1. The van der Waals surface area contributed by atoms with Gasteiger partial charge in [-0.15, -0.1) is 0 Å². The van der Waals surface area contributed by atoms with Crippen molar-refractivity contribution < 1.29 is 4.79 Å². The van der Waals surface area contributed by atoms with Crippen molar-refractivity contribution in [3.8, 4) is 0 Å². The molecule has 0 aliphatic heterocycles. The molecule has 0 aliphatic rings. The Kier molecular flexibility index (Phi) is 4.94. The number of carbonyl (C=O) groups is 1. The molecule has 0 radical (unpaired) electrons. The third-order valence-electron chi connectivity index (χ3n) is 3.47. The minimum Gasteiger partial charge on any atom is -0.311 e. The molecule has 0 heterocycles. The summed E-state index contributed by atoms with van der Waals surface area (Å²) in [7, 11) is 1.81. The maximum atomic E-state index is 12.4. The Morgan fingerprint density at radius 3 is 2.25 bits per heavy atom. The van der Waals surface area contributed by atoms with Crippen molar-refractivity contribution in [2.75, 3.05) is 11.9 Å². The molecule has 1 amide bonds. The SMILES string of the molecule is CCCCc1ccc(C(=O)N(C)c2ccccc2)cc1. The largest absolute Gasteiger partial charge is 0.311 e. The predicted molar refractivity (Wildman–Crippen MR) is 84.2 cm³/mol. The van der Waals surface area contributed by atoms with Crippen LogP contribution in [-0.4, -0.2) is 13.0 Å². The number of benzene rings is 2. The van der Waals surface area contributed by atoms with Crippen molar-refractivity contribution in [3.63, 3.8) is 0 Å². The summed E-state index contributed by atoms with van der Waals surface area (Å²) in [6, 6.07) is 17.7. The molecule has 2 aromatic carbocycles. The summed E-state index contributed by atoms with van der Waals surface area (Å²) in [5, 5.41) is 0. The highest BCUT2D eigenvalue weighted by Gasteiger charge is 2.12. The average molecular weight is 267 g/mol. The fourth-order valence-electron chi connectivity index (χ4n) is 2.16. The van der Waals surface area contributed by atoms with E-state index in [1.165, 1.54) is 18.4 Å². The molecule has 0 atom stereocenters. The summed E-state index contributed by atoms with van der Waals surface area (Å²) < 4.78 is 0. The number of para-hydroxylation sites is 1. The third kappa shape index (κ3) is 3.47. The summed E-state index contributed by atoms with van der Waals surface area (Å²) in [5.41, 5.74) is 2.94. The van der Waals surface area contributed by atoms with Crippen LogP contribution in [-0.2, 0) is 6.42 Å². The zero-order chi connectivity index (χ0) is 14.4. The second-order valence-corrected chi connectivity index (χ2v) is 5.00. The Morgan fingerprint density at radius 2 is 1.65 bits per heavy atom. The van der Waals surface area contributed by atoms with Crippen LogP contribution >= 0.6 is 0 Å². The van der Waals surface area contributed by atoms with Gasteiger partial charge in [0, 0.05) is 18.3 Å². The monoisotopic (exact) mass is 267 g/mol. The molecule has 104 valence electrons. The van der Waals surface area contributed by atoms with Gasteiger partial charge in [-0.1, -0.05) is 43.7 Å². The lowest BCUT2D eigenvalue weighted by Crippen LogP contribution is -2.26. The van der Waals surface area contributed by atoms with E-state index in [1.807, 2.05) is 49.5 Å². The Balaban J connectivity index is 2.09. The van der Waals surface area contributed by atoms with Gasteiger partial charge in [0.25, 0.3) is 5.91 Å². The summed E-state index contributed by atoms with van der Waals surface area (Å²) in [5.74, 6) is 0.0261. The quantitative estimate of drug-likeness (QED) is 0.790. The third-order valence-corrected chi connectivity index (χ3v) is 3.47. The number of unbranched alkanes of at least 4 members (excludes halogenated alkanes) is 1. The lowest BCUT2D eigenvalue weighted by Gasteiger charge is -2.17. The Bertz CT molecular complexity index is 545. The van der Waals surface area contributed by atoms with E-state index in [4.69, 9.17) is 0 Å². The van der Waals surface area contributed by atoms with Crippen LogP contribution in [0.25, 0.3) is 0 Å². The van der Waals surface area contributed by atoms with Crippen molar-refractivity contribution in [1.29, 1.82) is 0 Å². The van der Waals surface area contributed by atoms with Crippen LogP contribution in [0.4, 0.5) is 5.69 Å². The van der Waals surface area contributed by atoms with E-state index in [0.717, 1.165) is 17.7 Å². The van der Waals surface area contributed by atoms with E-state index in [1.54, 1.807) is 4.90 Å². The normalized spacial score (nSPS) is 10.3. The predicted octanol–water partition coefficient (Wildman–Crippen LogP) is 4.31. The van der Waals surface area contributed by atoms with Crippen molar-refractivity contribution in [1.82, 2.24) is 0 Å². The number of amides is 1. The minimum absolute atomic E-state index is 0.0261.